The predicted molar refractivity (Wildman–Crippen MR) is 54.2 cm³/mol. The van der Waals surface area contributed by atoms with E-state index in [0.29, 0.717) is 0 Å². The van der Waals surface area contributed by atoms with Gasteiger partial charge >= 0.3 is 0 Å². The summed E-state index contributed by atoms with van der Waals surface area (Å²) < 4.78 is 10.4. The molecule has 76 valence electrons. The fourth-order valence-electron chi connectivity index (χ4n) is 1.57. The Hall–Kier alpha value is -1.06. The molecule has 0 saturated carbocycles. The lowest BCUT2D eigenvalue weighted by Crippen LogP contribution is -2.18. The molecule has 0 radical (unpaired) electrons. The van der Waals surface area contributed by atoms with E-state index in [1.165, 1.54) is 5.56 Å². The highest BCUT2D eigenvalue weighted by atomic mass is 16.5. The van der Waals surface area contributed by atoms with Gasteiger partial charge in [-0.15, -0.1) is 0 Å². The Bertz CT molecular complexity index is 278. The summed E-state index contributed by atoms with van der Waals surface area (Å²) in [5.41, 5.74) is 1.30. The van der Waals surface area contributed by atoms with Gasteiger partial charge in [-0.3, -0.25) is 4.90 Å². The summed E-state index contributed by atoms with van der Waals surface area (Å²) in [4.78, 5) is 2.28. The van der Waals surface area contributed by atoms with Gasteiger partial charge in [-0.2, -0.15) is 0 Å². The standard InChI is InChI=1S/C11H15NO2/c1-13-11-4-2-10(3-5-11)8-12-6-7-14-9-12/h2-5H,6-9H2,1H3. The van der Waals surface area contributed by atoms with Crippen molar-refractivity contribution in [1.82, 2.24) is 4.90 Å². The van der Waals surface area contributed by atoms with Gasteiger partial charge in [0.05, 0.1) is 20.4 Å². The van der Waals surface area contributed by atoms with Gasteiger partial charge in [0, 0.05) is 13.1 Å². The Labute approximate surface area is 84.2 Å². The largest absolute Gasteiger partial charge is 0.497 e. The fourth-order valence-corrected chi connectivity index (χ4v) is 1.57. The Morgan fingerprint density at radius 2 is 2.14 bits per heavy atom. The third-order valence-electron chi connectivity index (χ3n) is 2.39. The average Bonchev–Trinajstić information content (AvgIpc) is 2.72. The Morgan fingerprint density at radius 1 is 1.36 bits per heavy atom. The van der Waals surface area contributed by atoms with E-state index >= 15 is 0 Å². The average molecular weight is 193 g/mol. The molecule has 1 aromatic rings. The van der Waals surface area contributed by atoms with Gasteiger partial charge in [0.15, 0.2) is 0 Å². The van der Waals surface area contributed by atoms with Gasteiger partial charge in [-0.1, -0.05) is 12.1 Å². The molecule has 0 spiro atoms. The molecule has 0 N–H and O–H groups in total. The number of hydrogen-bond acceptors (Lipinski definition) is 3. The first kappa shape index (κ1) is 9.49. The van der Waals surface area contributed by atoms with Crippen LogP contribution in [0, 0.1) is 0 Å². The lowest BCUT2D eigenvalue weighted by molar-refractivity contribution is 0.137. The maximum Gasteiger partial charge on any atom is 0.118 e. The van der Waals surface area contributed by atoms with Crippen LogP contribution in [0.25, 0.3) is 0 Å². The summed E-state index contributed by atoms with van der Waals surface area (Å²) in [6, 6.07) is 8.17. The topological polar surface area (TPSA) is 21.7 Å². The van der Waals surface area contributed by atoms with Crippen LogP contribution in [0.3, 0.4) is 0 Å². The first-order chi connectivity index (χ1) is 6.88. The van der Waals surface area contributed by atoms with E-state index < -0.39 is 0 Å². The summed E-state index contributed by atoms with van der Waals surface area (Å²) in [5.74, 6) is 0.909. The summed E-state index contributed by atoms with van der Waals surface area (Å²) in [6.07, 6.45) is 0. The molecular formula is C11H15NO2. The highest BCUT2D eigenvalue weighted by Crippen LogP contribution is 2.13. The molecule has 3 heteroatoms. The third kappa shape index (κ3) is 2.25. The van der Waals surface area contributed by atoms with Gasteiger partial charge in [0.25, 0.3) is 0 Å². The lowest BCUT2D eigenvalue weighted by Gasteiger charge is -2.12. The summed E-state index contributed by atoms with van der Waals surface area (Å²) >= 11 is 0. The van der Waals surface area contributed by atoms with Crippen LogP contribution in [0.15, 0.2) is 24.3 Å². The van der Waals surface area contributed by atoms with Crippen molar-refractivity contribution in [2.75, 3.05) is 27.0 Å². The Balaban J connectivity index is 1.95. The highest BCUT2D eigenvalue weighted by molar-refractivity contribution is 5.27. The van der Waals surface area contributed by atoms with E-state index in [4.69, 9.17) is 9.47 Å². The number of nitrogens with zero attached hydrogens (tertiary/aromatic N) is 1. The van der Waals surface area contributed by atoms with Gasteiger partial charge in [0.2, 0.25) is 0 Å². The molecule has 3 nitrogen and oxygen atoms in total. The quantitative estimate of drug-likeness (QED) is 0.726. The molecule has 0 bridgehead atoms. The number of ether oxygens (including phenoxy) is 2. The number of methoxy groups -OCH3 is 1. The number of hydrogen-bond donors (Lipinski definition) is 0. The van der Waals surface area contributed by atoms with Crippen molar-refractivity contribution in [1.29, 1.82) is 0 Å². The van der Waals surface area contributed by atoms with Crippen molar-refractivity contribution in [3.63, 3.8) is 0 Å². The third-order valence-corrected chi connectivity index (χ3v) is 2.39. The van der Waals surface area contributed by atoms with E-state index in [0.717, 1.165) is 32.2 Å². The zero-order valence-corrected chi connectivity index (χ0v) is 8.40. The number of benzene rings is 1. The Morgan fingerprint density at radius 3 is 2.71 bits per heavy atom. The van der Waals surface area contributed by atoms with E-state index in [-0.39, 0.29) is 0 Å². The molecule has 1 saturated heterocycles. The van der Waals surface area contributed by atoms with Crippen LogP contribution in [0.1, 0.15) is 5.56 Å². The minimum Gasteiger partial charge on any atom is -0.497 e. The second-order valence-corrected chi connectivity index (χ2v) is 3.44. The normalized spacial score (nSPS) is 17.2. The Kier molecular flexibility index (Phi) is 3.01. The minimum absolute atomic E-state index is 0.756. The molecule has 0 atom stereocenters. The van der Waals surface area contributed by atoms with Crippen LogP contribution >= 0.6 is 0 Å². The zero-order valence-electron chi connectivity index (χ0n) is 8.40. The van der Waals surface area contributed by atoms with Crippen LogP contribution in [0.5, 0.6) is 5.75 Å². The van der Waals surface area contributed by atoms with Crippen molar-refractivity contribution in [3.05, 3.63) is 29.8 Å². The first-order valence-electron chi connectivity index (χ1n) is 4.81. The molecule has 2 rings (SSSR count). The summed E-state index contributed by atoms with van der Waals surface area (Å²) in [5, 5.41) is 0. The molecule has 1 fully saturated rings. The predicted octanol–water partition coefficient (Wildman–Crippen LogP) is 1.48. The van der Waals surface area contributed by atoms with Crippen LogP contribution in [0.4, 0.5) is 0 Å². The van der Waals surface area contributed by atoms with Gasteiger partial charge in [-0.05, 0) is 17.7 Å². The molecule has 0 aliphatic carbocycles. The fraction of sp³-hybridized carbons (Fsp3) is 0.455. The van der Waals surface area contributed by atoms with E-state index in [9.17, 15) is 0 Å². The van der Waals surface area contributed by atoms with E-state index in [2.05, 4.69) is 17.0 Å². The summed E-state index contributed by atoms with van der Waals surface area (Å²) in [6.45, 7) is 3.61. The van der Waals surface area contributed by atoms with Crippen molar-refractivity contribution < 1.29 is 9.47 Å². The van der Waals surface area contributed by atoms with Crippen LogP contribution in [-0.4, -0.2) is 31.9 Å². The van der Waals surface area contributed by atoms with Crippen molar-refractivity contribution in [2.45, 2.75) is 6.54 Å². The molecule has 1 aliphatic heterocycles. The molecule has 1 aromatic carbocycles. The van der Waals surface area contributed by atoms with E-state index in [1.807, 2.05) is 12.1 Å². The van der Waals surface area contributed by atoms with Gasteiger partial charge < -0.3 is 9.47 Å². The minimum atomic E-state index is 0.756. The molecular weight excluding hydrogens is 178 g/mol. The van der Waals surface area contributed by atoms with Crippen molar-refractivity contribution in [3.8, 4) is 5.75 Å². The van der Waals surface area contributed by atoms with Crippen molar-refractivity contribution in [2.24, 2.45) is 0 Å². The monoisotopic (exact) mass is 193 g/mol. The molecule has 14 heavy (non-hydrogen) atoms. The zero-order chi connectivity index (χ0) is 9.80. The first-order valence-corrected chi connectivity index (χ1v) is 4.81. The van der Waals surface area contributed by atoms with Crippen LogP contribution in [-0.2, 0) is 11.3 Å². The van der Waals surface area contributed by atoms with Gasteiger partial charge in [-0.25, -0.2) is 0 Å². The second kappa shape index (κ2) is 4.44. The second-order valence-electron chi connectivity index (χ2n) is 3.44. The van der Waals surface area contributed by atoms with Crippen LogP contribution in [0.2, 0.25) is 0 Å². The molecule has 1 heterocycles. The molecule has 0 aromatic heterocycles. The molecule has 0 amide bonds. The van der Waals surface area contributed by atoms with Crippen LogP contribution < -0.4 is 4.74 Å². The maximum absolute atomic E-state index is 5.28. The smallest absolute Gasteiger partial charge is 0.118 e. The highest BCUT2D eigenvalue weighted by Gasteiger charge is 2.11. The molecule has 1 aliphatic rings. The number of rotatable bonds is 3. The van der Waals surface area contributed by atoms with Gasteiger partial charge in [0.1, 0.15) is 5.75 Å². The molecule has 0 unspecified atom stereocenters. The summed E-state index contributed by atoms with van der Waals surface area (Å²) in [7, 11) is 1.68. The van der Waals surface area contributed by atoms with Crippen molar-refractivity contribution >= 4 is 0 Å². The lowest BCUT2D eigenvalue weighted by atomic mass is 10.2. The maximum atomic E-state index is 5.28. The SMILES string of the molecule is COc1ccc(CN2CCOC2)cc1. The van der Waals surface area contributed by atoms with E-state index in [1.54, 1.807) is 7.11 Å².